The van der Waals surface area contributed by atoms with Crippen LogP contribution in [0.15, 0.2) is 24.3 Å². The number of hydrogen-bond acceptors (Lipinski definition) is 6. The van der Waals surface area contributed by atoms with E-state index in [4.69, 9.17) is 0 Å². The SMILES string of the molecule is CCn1nc(C)c([N+](=O)[O-])c1C(=O)NCc1nc2ccccc2s1. The van der Waals surface area contributed by atoms with E-state index < -0.39 is 10.8 Å². The molecular weight excluding hydrogens is 330 g/mol. The number of aryl methyl sites for hydroxylation is 2. The Balaban J connectivity index is 1.83. The molecule has 1 aromatic carbocycles. The van der Waals surface area contributed by atoms with E-state index in [2.05, 4.69) is 15.4 Å². The lowest BCUT2D eigenvalue weighted by Gasteiger charge is -2.04. The van der Waals surface area contributed by atoms with E-state index in [0.717, 1.165) is 15.2 Å². The van der Waals surface area contributed by atoms with E-state index in [0.29, 0.717) is 6.54 Å². The third-order valence-corrected chi connectivity index (χ3v) is 4.57. The number of hydrogen-bond donors (Lipinski definition) is 1. The Kier molecular flexibility index (Phi) is 4.26. The number of nitrogens with one attached hydrogen (secondary N) is 1. The molecule has 0 saturated heterocycles. The van der Waals surface area contributed by atoms with Gasteiger partial charge in [-0.15, -0.1) is 11.3 Å². The molecule has 0 bridgehead atoms. The molecule has 124 valence electrons. The summed E-state index contributed by atoms with van der Waals surface area (Å²) < 4.78 is 2.38. The molecule has 1 amide bonds. The third kappa shape index (κ3) is 2.85. The second-order valence-corrected chi connectivity index (χ2v) is 6.23. The summed E-state index contributed by atoms with van der Waals surface area (Å²) in [5, 5.41) is 18.7. The van der Waals surface area contributed by atoms with Gasteiger partial charge in [-0.25, -0.2) is 4.98 Å². The summed E-state index contributed by atoms with van der Waals surface area (Å²) in [5.41, 5.74) is 0.818. The minimum atomic E-state index is -0.568. The van der Waals surface area contributed by atoms with Gasteiger partial charge in [-0.3, -0.25) is 19.6 Å². The monoisotopic (exact) mass is 345 g/mol. The fraction of sp³-hybridized carbons (Fsp3) is 0.267. The first-order valence-corrected chi connectivity index (χ1v) is 8.17. The molecule has 0 spiro atoms. The second kappa shape index (κ2) is 6.36. The molecule has 9 heteroatoms. The number of carbonyl (C=O) groups excluding carboxylic acids is 1. The van der Waals surface area contributed by atoms with Crippen molar-refractivity contribution in [1.29, 1.82) is 0 Å². The summed E-state index contributed by atoms with van der Waals surface area (Å²) in [7, 11) is 0. The van der Waals surface area contributed by atoms with Crippen LogP contribution < -0.4 is 5.32 Å². The van der Waals surface area contributed by atoms with Crippen LogP contribution in [0.4, 0.5) is 5.69 Å². The lowest BCUT2D eigenvalue weighted by molar-refractivity contribution is -0.385. The van der Waals surface area contributed by atoms with Crippen LogP contribution in [0.25, 0.3) is 10.2 Å². The van der Waals surface area contributed by atoms with Crippen molar-refractivity contribution in [1.82, 2.24) is 20.1 Å². The van der Waals surface area contributed by atoms with Crippen LogP contribution in [0.1, 0.15) is 28.1 Å². The molecule has 0 fully saturated rings. The zero-order valence-corrected chi connectivity index (χ0v) is 14.0. The van der Waals surface area contributed by atoms with Crippen molar-refractivity contribution in [3.63, 3.8) is 0 Å². The number of aromatic nitrogens is 3. The predicted molar refractivity (Wildman–Crippen MR) is 90.1 cm³/mol. The van der Waals surface area contributed by atoms with Gasteiger partial charge in [0.15, 0.2) is 0 Å². The number of rotatable bonds is 5. The van der Waals surface area contributed by atoms with Gasteiger partial charge in [0.2, 0.25) is 5.69 Å². The largest absolute Gasteiger partial charge is 0.344 e. The third-order valence-electron chi connectivity index (χ3n) is 3.53. The van der Waals surface area contributed by atoms with Crippen molar-refractivity contribution < 1.29 is 9.72 Å². The Labute approximate surface area is 141 Å². The highest BCUT2D eigenvalue weighted by Crippen LogP contribution is 2.24. The highest BCUT2D eigenvalue weighted by atomic mass is 32.1. The van der Waals surface area contributed by atoms with Crippen LogP contribution in [0.5, 0.6) is 0 Å². The lowest BCUT2D eigenvalue weighted by atomic mass is 10.3. The van der Waals surface area contributed by atoms with Crippen molar-refractivity contribution in [2.45, 2.75) is 26.9 Å². The highest BCUT2D eigenvalue weighted by Gasteiger charge is 2.29. The minimum Gasteiger partial charge on any atom is -0.344 e. The van der Waals surface area contributed by atoms with Crippen molar-refractivity contribution >= 4 is 33.1 Å². The Morgan fingerprint density at radius 2 is 2.17 bits per heavy atom. The normalized spacial score (nSPS) is 10.9. The molecule has 1 N–H and O–H groups in total. The Bertz CT molecular complexity index is 897. The van der Waals surface area contributed by atoms with Crippen LogP contribution in [0.3, 0.4) is 0 Å². The fourth-order valence-corrected chi connectivity index (χ4v) is 3.39. The van der Waals surface area contributed by atoms with Gasteiger partial charge in [0.25, 0.3) is 5.91 Å². The second-order valence-electron chi connectivity index (χ2n) is 5.11. The van der Waals surface area contributed by atoms with Gasteiger partial charge in [0.1, 0.15) is 10.7 Å². The molecule has 0 aliphatic rings. The molecule has 3 rings (SSSR count). The van der Waals surface area contributed by atoms with Crippen molar-refractivity contribution in [3.05, 3.63) is 50.8 Å². The van der Waals surface area contributed by atoms with Gasteiger partial charge in [-0.05, 0) is 26.0 Å². The molecule has 0 saturated carbocycles. The van der Waals surface area contributed by atoms with Crippen molar-refractivity contribution in [2.24, 2.45) is 0 Å². The first-order chi connectivity index (χ1) is 11.5. The maximum Gasteiger partial charge on any atom is 0.322 e. The highest BCUT2D eigenvalue weighted by molar-refractivity contribution is 7.18. The molecule has 0 atom stereocenters. The van der Waals surface area contributed by atoms with Gasteiger partial charge >= 0.3 is 5.69 Å². The summed E-state index contributed by atoms with van der Waals surface area (Å²) in [6.07, 6.45) is 0. The van der Waals surface area contributed by atoms with E-state index in [1.165, 1.54) is 22.9 Å². The van der Waals surface area contributed by atoms with Crippen molar-refractivity contribution in [2.75, 3.05) is 0 Å². The first-order valence-electron chi connectivity index (χ1n) is 7.35. The Morgan fingerprint density at radius 1 is 1.42 bits per heavy atom. The van der Waals surface area contributed by atoms with Crippen LogP contribution in [-0.2, 0) is 13.1 Å². The van der Waals surface area contributed by atoms with Crippen LogP contribution in [0.2, 0.25) is 0 Å². The van der Waals surface area contributed by atoms with E-state index in [1.54, 1.807) is 6.92 Å². The van der Waals surface area contributed by atoms with E-state index in [9.17, 15) is 14.9 Å². The predicted octanol–water partition coefficient (Wildman–Crippen LogP) is 2.66. The minimum absolute atomic E-state index is 0.0267. The molecule has 24 heavy (non-hydrogen) atoms. The van der Waals surface area contributed by atoms with Gasteiger partial charge in [0, 0.05) is 6.54 Å². The summed E-state index contributed by atoms with van der Waals surface area (Å²) in [6.45, 7) is 3.89. The Morgan fingerprint density at radius 3 is 2.83 bits per heavy atom. The molecule has 0 aliphatic heterocycles. The summed E-state index contributed by atoms with van der Waals surface area (Å²) in [4.78, 5) is 27.5. The average Bonchev–Trinajstić information content (AvgIpc) is 3.12. The smallest absolute Gasteiger partial charge is 0.322 e. The quantitative estimate of drug-likeness (QED) is 0.565. The number of nitrogens with zero attached hydrogens (tertiary/aromatic N) is 4. The Hall–Kier alpha value is -2.81. The van der Waals surface area contributed by atoms with Gasteiger partial charge < -0.3 is 5.32 Å². The first kappa shape index (κ1) is 16.1. The molecule has 0 radical (unpaired) electrons. The number of para-hydroxylation sites is 1. The standard InChI is InChI=1S/C15H15N5O3S/c1-3-19-14(13(20(22)23)9(2)18-19)15(21)16-8-12-17-10-6-4-5-7-11(10)24-12/h4-7H,3,8H2,1-2H3,(H,16,21). The fourth-order valence-electron chi connectivity index (χ4n) is 2.48. The van der Waals surface area contributed by atoms with Gasteiger partial charge in [-0.1, -0.05) is 12.1 Å². The number of fused-ring (bicyclic) bond motifs is 1. The molecule has 8 nitrogen and oxygen atoms in total. The van der Waals surface area contributed by atoms with Crippen LogP contribution in [0, 0.1) is 17.0 Å². The van der Waals surface area contributed by atoms with Gasteiger partial charge in [-0.2, -0.15) is 5.10 Å². The maximum absolute atomic E-state index is 12.5. The zero-order valence-electron chi connectivity index (χ0n) is 13.1. The number of carbonyl (C=O) groups is 1. The summed E-state index contributed by atoms with van der Waals surface area (Å²) in [5.74, 6) is -0.525. The maximum atomic E-state index is 12.5. The van der Waals surface area contributed by atoms with E-state index >= 15 is 0 Å². The number of nitro groups is 1. The number of amides is 1. The number of benzene rings is 1. The van der Waals surface area contributed by atoms with Crippen molar-refractivity contribution in [3.8, 4) is 0 Å². The lowest BCUT2D eigenvalue weighted by Crippen LogP contribution is -2.26. The van der Waals surface area contributed by atoms with E-state index in [-0.39, 0.29) is 23.6 Å². The molecule has 2 aromatic heterocycles. The molecular formula is C15H15N5O3S. The number of thiazole rings is 1. The molecule has 2 heterocycles. The molecule has 0 aliphatic carbocycles. The average molecular weight is 345 g/mol. The van der Waals surface area contributed by atoms with Gasteiger partial charge in [0.05, 0.1) is 21.7 Å². The molecule has 3 aromatic rings. The molecule has 0 unspecified atom stereocenters. The van der Waals surface area contributed by atoms with E-state index in [1.807, 2.05) is 24.3 Å². The van der Waals surface area contributed by atoms with Crippen LogP contribution >= 0.6 is 11.3 Å². The summed E-state index contributed by atoms with van der Waals surface area (Å²) >= 11 is 1.48. The zero-order chi connectivity index (χ0) is 17.3. The topological polar surface area (TPSA) is 103 Å². The summed E-state index contributed by atoms with van der Waals surface area (Å²) in [6, 6.07) is 7.68. The van der Waals surface area contributed by atoms with Crippen LogP contribution in [-0.4, -0.2) is 25.6 Å².